The first-order chi connectivity index (χ1) is 9.19. The minimum Gasteiger partial charge on any atom is -0.394 e. The zero-order valence-corrected chi connectivity index (χ0v) is 10.9. The van der Waals surface area contributed by atoms with Gasteiger partial charge in [0.2, 0.25) is 11.8 Å². The van der Waals surface area contributed by atoms with Crippen molar-refractivity contribution in [2.45, 2.75) is 31.2 Å². The fourth-order valence-corrected chi connectivity index (χ4v) is 3.47. The number of hydrogen-bond donors (Lipinski definition) is 1. The topological polar surface area (TPSA) is 66.8 Å². The predicted octanol–water partition coefficient (Wildman–Crippen LogP) is 0.479. The first-order valence-electron chi connectivity index (χ1n) is 6.91. The summed E-state index contributed by atoms with van der Waals surface area (Å²) in [4.78, 5) is 26.4. The number of ether oxygens (including phenoxy) is 1. The van der Waals surface area contributed by atoms with Crippen LogP contribution >= 0.6 is 0 Å². The molecule has 0 aromatic heterocycles. The summed E-state index contributed by atoms with van der Waals surface area (Å²) >= 11 is 0. The van der Waals surface area contributed by atoms with Crippen LogP contribution in [0.1, 0.15) is 25.7 Å². The number of fused-ring (bicyclic) bond motifs is 1. The Morgan fingerprint density at radius 3 is 2.16 bits per heavy atom. The molecule has 2 aliphatic heterocycles. The van der Waals surface area contributed by atoms with Gasteiger partial charge in [0.05, 0.1) is 24.0 Å². The number of nitrogens with zero attached hydrogens (tertiary/aromatic N) is 1. The number of carbonyl (C=O) groups is 2. The first-order valence-corrected chi connectivity index (χ1v) is 6.91. The Morgan fingerprint density at radius 1 is 1.16 bits per heavy atom. The van der Waals surface area contributed by atoms with Gasteiger partial charge in [-0.15, -0.1) is 0 Å². The molecular weight excluding hydrogens is 246 g/mol. The minimum atomic E-state index is -0.732. The maximum atomic E-state index is 12.5. The van der Waals surface area contributed by atoms with Crippen LogP contribution in [0.2, 0.25) is 0 Å². The molecule has 1 N–H and O–H groups in total. The van der Waals surface area contributed by atoms with E-state index in [1.165, 1.54) is 4.90 Å². The first kappa shape index (κ1) is 12.8. The molecule has 3 aliphatic rings. The molecule has 2 fully saturated rings. The second-order valence-electron chi connectivity index (χ2n) is 5.66. The number of rotatable bonds is 2. The molecule has 5 heteroatoms. The van der Waals surface area contributed by atoms with Crippen molar-refractivity contribution in [3.8, 4) is 0 Å². The lowest BCUT2D eigenvalue weighted by molar-refractivity contribution is -0.154. The number of hydrogen-bond acceptors (Lipinski definition) is 4. The van der Waals surface area contributed by atoms with E-state index in [-0.39, 0.29) is 30.3 Å². The van der Waals surface area contributed by atoms with Crippen LogP contribution in [0.3, 0.4) is 0 Å². The third-order valence-electron chi connectivity index (χ3n) is 4.70. The lowest BCUT2D eigenvalue weighted by Gasteiger charge is -2.42. The van der Waals surface area contributed by atoms with Crippen molar-refractivity contribution in [2.75, 3.05) is 19.8 Å². The molecule has 19 heavy (non-hydrogen) atoms. The Bertz CT molecular complexity index is 399. The lowest BCUT2D eigenvalue weighted by atomic mass is 9.85. The van der Waals surface area contributed by atoms with Gasteiger partial charge in [0.25, 0.3) is 0 Å². The standard InChI is InChI=1S/C14H19NO4/c16-9-14(5-7-19-8-6-14)15-12(17)10-3-1-2-4-11(10)13(15)18/h1-2,10-11,16H,3-9H2. The van der Waals surface area contributed by atoms with Crippen LogP contribution < -0.4 is 0 Å². The summed E-state index contributed by atoms with van der Waals surface area (Å²) in [6, 6.07) is 0. The molecule has 2 saturated heterocycles. The highest BCUT2D eigenvalue weighted by Gasteiger charge is 2.55. The van der Waals surface area contributed by atoms with E-state index in [0.29, 0.717) is 38.9 Å². The minimum absolute atomic E-state index is 0.102. The second kappa shape index (κ2) is 4.72. The number of likely N-dealkylation sites (tertiary alicyclic amines) is 1. The van der Waals surface area contributed by atoms with Crippen molar-refractivity contribution in [3.63, 3.8) is 0 Å². The Balaban J connectivity index is 1.92. The van der Waals surface area contributed by atoms with E-state index < -0.39 is 5.54 Å². The number of carbonyl (C=O) groups excluding carboxylic acids is 2. The fraction of sp³-hybridized carbons (Fsp3) is 0.714. The molecule has 0 radical (unpaired) electrons. The molecule has 1 aliphatic carbocycles. The molecule has 2 amide bonds. The van der Waals surface area contributed by atoms with Gasteiger partial charge in [-0.2, -0.15) is 0 Å². The van der Waals surface area contributed by atoms with E-state index in [4.69, 9.17) is 4.74 Å². The van der Waals surface area contributed by atoms with Gasteiger partial charge >= 0.3 is 0 Å². The van der Waals surface area contributed by atoms with Crippen molar-refractivity contribution in [2.24, 2.45) is 11.8 Å². The van der Waals surface area contributed by atoms with Gasteiger partial charge in [0.1, 0.15) is 0 Å². The highest BCUT2D eigenvalue weighted by molar-refractivity contribution is 6.06. The molecule has 0 bridgehead atoms. The van der Waals surface area contributed by atoms with Gasteiger partial charge in [-0.3, -0.25) is 14.5 Å². The Labute approximate surface area is 112 Å². The third-order valence-corrected chi connectivity index (χ3v) is 4.70. The average molecular weight is 265 g/mol. The monoisotopic (exact) mass is 265 g/mol. The zero-order chi connectivity index (χ0) is 13.5. The van der Waals surface area contributed by atoms with E-state index in [1.54, 1.807) is 0 Å². The SMILES string of the molecule is O=C1C2CC=CCC2C(=O)N1C1(CO)CCOCC1. The van der Waals surface area contributed by atoms with Gasteiger partial charge in [0, 0.05) is 13.2 Å². The van der Waals surface area contributed by atoms with Crippen LogP contribution in [0.4, 0.5) is 0 Å². The van der Waals surface area contributed by atoms with E-state index in [9.17, 15) is 14.7 Å². The molecular formula is C14H19NO4. The number of aliphatic hydroxyl groups is 1. The van der Waals surface area contributed by atoms with E-state index >= 15 is 0 Å². The summed E-state index contributed by atoms with van der Waals surface area (Å²) in [6.07, 6.45) is 6.31. The number of aliphatic hydroxyl groups excluding tert-OH is 1. The van der Waals surface area contributed by atoms with Gasteiger partial charge in [-0.1, -0.05) is 12.2 Å². The molecule has 0 aromatic carbocycles. The highest BCUT2D eigenvalue weighted by Crippen LogP contribution is 2.41. The van der Waals surface area contributed by atoms with Gasteiger partial charge in [0.15, 0.2) is 0 Å². The Kier molecular flexibility index (Phi) is 3.19. The summed E-state index contributed by atoms with van der Waals surface area (Å²) < 4.78 is 5.30. The van der Waals surface area contributed by atoms with Crippen LogP contribution in [-0.2, 0) is 14.3 Å². The van der Waals surface area contributed by atoms with Gasteiger partial charge in [-0.25, -0.2) is 0 Å². The molecule has 0 aromatic rings. The molecule has 2 atom stereocenters. The summed E-state index contributed by atoms with van der Waals surface area (Å²) in [5.74, 6) is -0.641. The third kappa shape index (κ3) is 1.83. The second-order valence-corrected chi connectivity index (χ2v) is 5.66. The van der Waals surface area contributed by atoms with Crippen LogP contribution in [-0.4, -0.2) is 47.2 Å². The summed E-state index contributed by atoms with van der Waals surface area (Å²) in [7, 11) is 0. The predicted molar refractivity (Wildman–Crippen MR) is 67.1 cm³/mol. The largest absolute Gasteiger partial charge is 0.394 e. The van der Waals surface area contributed by atoms with E-state index in [0.717, 1.165) is 0 Å². The van der Waals surface area contributed by atoms with Crippen molar-refractivity contribution in [1.29, 1.82) is 0 Å². The highest BCUT2D eigenvalue weighted by atomic mass is 16.5. The van der Waals surface area contributed by atoms with Crippen LogP contribution in [0, 0.1) is 11.8 Å². The van der Waals surface area contributed by atoms with Crippen molar-refractivity contribution in [3.05, 3.63) is 12.2 Å². The van der Waals surface area contributed by atoms with Crippen molar-refractivity contribution < 1.29 is 19.4 Å². The van der Waals surface area contributed by atoms with Crippen LogP contribution in [0.15, 0.2) is 12.2 Å². The number of amides is 2. The van der Waals surface area contributed by atoms with E-state index in [1.807, 2.05) is 12.2 Å². The molecule has 2 unspecified atom stereocenters. The quantitative estimate of drug-likeness (QED) is 0.582. The molecule has 104 valence electrons. The van der Waals surface area contributed by atoms with Crippen LogP contribution in [0.5, 0.6) is 0 Å². The maximum absolute atomic E-state index is 12.5. The molecule has 5 nitrogen and oxygen atoms in total. The van der Waals surface area contributed by atoms with Crippen LogP contribution in [0.25, 0.3) is 0 Å². The number of imide groups is 1. The Hall–Kier alpha value is -1.20. The maximum Gasteiger partial charge on any atom is 0.234 e. The van der Waals surface area contributed by atoms with E-state index in [2.05, 4.69) is 0 Å². The molecule has 3 rings (SSSR count). The normalized spacial score (nSPS) is 33.6. The molecule has 2 heterocycles. The summed E-state index contributed by atoms with van der Waals surface area (Å²) in [5.41, 5.74) is -0.732. The fourth-order valence-electron chi connectivity index (χ4n) is 3.47. The lowest BCUT2D eigenvalue weighted by Crippen LogP contribution is -2.57. The Morgan fingerprint density at radius 2 is 1.68 bits per heavy atom. The smallest absolute Gasteiger partial charge is 0.234 e. The summed E-state index contributed by atoms with van der Waals surface area (Å²) in [5, 5.41) is 9.75. The molecule has 0 spiro atoms. The number of allylic oxidation sites excluding steroid dienone is 2. The summed E-state index contributed by atoms with van der Waals surface area (Å²) in [6.45, 7) is 0.817. The van der Waals surface area contributed by atoms with Gasteiger partial charge in [-0.05, 0) is 25.7 Å². The van der Waals surface area contributed by atoms with Gasteiger partial charge < -0.3 is 9.84 Å². The van der Waals surface area contributed by atoms with Crippen molar-refractivity contribution in [1.82, 2.24) is 4.90 Å². The van der Waals surface area contributed by atoms with Crippen molar-refractivity contribution >= 4 is 11.8 Å². The average Bonchev–Trinajstić information content (AvgIpc) is 2.73. The zero-order valence-electron chi connectivity index (χ0n) is 10.9. The molecule has 0 saturated carbocycles.